The third-order valence-corrected chi connectivity index (χ3v) is 1.83. The van der Waals surface area contributed by atoms with Crippen LogP contribution >= 0.6 is 0 Å². The van der Waals surface area contributed by atoms with E-state index in [1.807, 2.05) is 0 Å². The summed E-state index contributed by atoms with van der Waals surface area (Å²) in [5, 5.41) is 12.4. The summed E-state index contributed by atoms with van der Waals surface area (Å²) in [6.07, 6.45) is 1.53. The molecule has 0 aliphatic carbocycles. The predicted molar refractivity (Wildman–Crippen MR) is 57.4 cm³/mol. The number of anilines is 2. The van der Waals surface area contributed by atoms with Crippen LogP contribution < -0.4 is 11.1 Å². The van der Waals surface area contributed by atoms with Gasteiger partial charge in [-0.15, -0.1) is 0 Å². The number of aromatic nitrogens is 2. The van der Waals surface area contributed by atoms with Gasteiger partial charge in [0.25, 0.3) is 0 Å². The number of aliphatic hydroxyl groups excluding tert-OH is 1. The van der Waals surface area contributed by atoms with E-state index < -0.39 is 6.10 Å². The zero-order valence-electron chi connectivity index (χ0n) is 8.68. The van der Waals surface area contributed by atoms with Crippen molar-refractivity contribution in [1.82, 2.24) is 9.97 Å². The molecule has 0 saturated carbocycles. The van der Waals surface area contributed by atoms with Crippen molar-refractivity contribution in [3.8, 4) is 0 Å². The first-order valence-corrected chi connectivity index (χ1v) is 4.70. The van der Waals surface area contributed by atoms with Crippen LogP contribution in [0.15, 0.2) is 12.4 Å². The van der Waals surface area contributed by atoms with Crippen LogP contribution in [0.5, 0.6) is 0 Å². The molecule has 0 spiro atoms. The van der Waals surface area contributed by atoms with Gasteiger partial charge in [0, 0.05) is 19.7 Å². The van der Waals surface area contributed by atoms with Gasteiger partial charge in [0.1, 0.15) is 18.0 Å². The lowest BCUT2D eigenvalue weighted by Crippen LogP contribution is -2.18. The van der Waals surface area contributed by atoms with Crippen molar-refractivity contribution in [2.75, 3.05) is 31.3 Å². The molecule has 0 bridgehead atoms. The quantitative estimate of drug-likeness (QED) is 0.608. The number of methoxy groups -OCH3 is 1. The Morgan fingerprint density at radius 2 is 2.40 bits per heavy atom. The molecule has 0 aliphatic heterocycles. The van der Waals surface area contributed by atoms with Crippen LogP contribution in [0.3, 0.4) is 0 Å². The fraction of sp³-hybridized carbons (Fsp3) is 0.556. The second-order valence-electron chi connectivity index (χ2n) is 3.15. The lowest BCUT2D eigenvalue weighted by molar-refractivity contribution is 0.0615. The summed E-state index contributed by atoms with van der Waals surface area (Å²) in [5.74, 6) is 1.08. The topological polar surface area (TPSA) is 93.3 Å². The van der Waals surface area contributed by atoms with Crippen molar-refractivity contribution in [2.24, 2.45) is 0 Å². The van der Waals surface area contributed by atoms with E-state index >= 15 is 0 Å². The van der Waals surface area contributed by atoms with E-state index in [2.05, 4.69) is 15.3 Å². The van der Waals surface area contributed by atoms with Gasteiger partial charge in [-0.3, -0.25) is 0 Å². The standard InChI is InChI=1S/C9H16N4O2/c1-15-5-7(14)2-3-11-9-4-8(10)12-6-13-9/h4,6-7,14H,2-3,5H2,1H3,(H3,10,11,12,13). The van der Waals surface area contributed by atoms with E-state index in [1.165, 1.54) is 6.33 Å². The van der Waals surface area contributed by atoms with Crippen molar-refractivity contribution >= 4 is 11.6 Å². The van der Waals surface area contributed by atoms with E-state index in [-0.39, 0.29) is 0 Å². The van der Waals surface area contributed by atoms with Crippen LogP contribution in [-0.4, -0.2) is 41.4 Å². The van der Waals surface area contributed by atoms with Gasteiger partial charge in [-0.25, -0.2) is 9.97 Å². The summed E-state index contributed by atoms with van der Waals surface area (Å²) >= 11 is 0. The molecule has 1 aromatic heterocycles. The van der Waals surface area contributed by atoms with Crippen LogP contribution in [0.2, 0.25) is 0 Å². The number of ether oxygens (including phenoxy) is 1. The first kappa shape index (κ1) is 11.7. The van der Waals surface area contributed by atoms with E-state index in [4.69, 9.17) is 10.5 Å². The average Bonchev–Trinajstić information content (AvgIpc) is 2.18. The molecule has 4 N–H and O–H groups in total. The Morgan fingerprint density at radius 1 is 1.60 bits per heavy atom. The second kappa shape index (κ2) is 6.15. The molecular formula is C9H16N4O2. The zero-order chi connectivity index (χ0) is 11.1. The molecular weight excluding hydrogens is 196 g/mol. The molecule has 6 nitrogen and oxygen atoms in total. The highest BCUT2D eigenvalue weighted by Crippen LogP contribution is 2.04. The molecule has 84 valence electrons. The summed E-state index contributed by atoms with van der Waals surface area (Å²) in [5.41, 5.74) is 5.48. The highest BCUT2D eigenvalue weighted by atomic mass is 16.5. The normalized spacial score (nSPS) is 12.4. The van der Waals surface area contributed by atoms with Crippen molar-refractivity contribution in [2.45, 2.75) is 12.5 Å². The van der Waals surface area contributed by atoms with Crippen LogP contribution in [0, 0.1) is 0 Å². The van der Waals surface area contributed by atoms with Gasteiger partial charge >= 0.3 is 0 Å². The molecule has 1 atom stereocenters. The van der Waals surface area contributed by atoms with Crippen molar-refractivity contribution in [1.29, 1.82) is 0 Å². The highest BCUT2D eigenvalue weighted by Gasteiger charge is 2.02. The van der Waals surface area contributed by atoms with Gasteiger partial charge in [0.15, 0.2) is 0 Å². The molecule has 0 aliphatic rings. The number of hydrogen-bond acceptors (Lipinski definition) is 6. The van der Waals surface area contributed by atoms with Gasteiger partial charge < -0.3 is 20.9 Å². The summed E-state index contributed by atoms with van der Waals surface area (Å²) in [6.45, 7) is 0.953. The Morgan fingerprint density at radius 3 is 3.07 bits per heavy atom. The molecule has 0 radical (unpaired) electrons. The minimum atomic E-state index is -0.457. The molecule has 0 amide bonds. The number of rotatable bonds is 6. The van der Waals surface area contributed by atoms with Crippen LogP contribution in [-0.2, 0) is 4.74 Å². The largest absolute Gasteiger partial charge is 0.391 e. The van der Waals surface area contributed by atoms with E-state index in [0.717, 1.165) is 0 Å². The van der Waals surface area contributed by atoms with Crippen LogP contribution in [0.4, 0.5) is 11.6 Å². The minimum absolute atomic E-state index is 0.341. The average molecular weight is 212 g/mol. The molecule has 1 rings (SSSR count). The maximum absolute atomic E-state index is 9.36. The summed E-state index contributed by atoms with van der Waals surface area (Å²) in [6, 6.07) is 1.64. The third-order valence-electron chi connectivity index (χ3n) is 1.83. The van der Waals surface area contributed by atoms with Crippen LogP contribution in [0.1, 0.15) is 6.42 Å². The Bertz CT molecular complexity index is 295. The Kier molecular flexibility index (Phi) is 4.79. The lowest BCUT2D eigenvalue weighted by Gasteiger charge is -2.10. The van der Waals surface area contributed by atoms with Crippen molar-refractivity contribution in [3.63, 3.8) is 0 Å². The van der Waals surface area contributed by atoms with Gasteiger partial charge in [-0.1, -0.05) is 0 Å². The number of nitrogens with two attached hydrogens (primary N) is 1. The fourth-order valence-electron chi connectivity index (χ4n) is 1.11. The third kappa shape index (κ3) is 4.57. The minimum Gasteiger partial charge on any atom is -0.391 e. The number of nitrogen functional groups attached to an aromatic ring is 1. The number of nitrogens with zero attached hydrogens (tertiary/aromatic N) is 2. The van der Waals surface area contributed by atoms with Crippen LogP contribution in [0.25, 0.3) is 0 Å². The monoisotopic (exact) mass is 212 g/mol. The van der Waals surface area contributed by atoms with E-state index in [0.29, 0.717) is 31.2 Å². The van der Waals surface area contributed by atoms with Crippen molar-refractivity contribution in [3.05, 3.63) is 12.4 Å². The smallest absolute Gasteiger partial charge is 0.131 e. The zero-order valence-corrected chi connectivity index (χ0v) is 8.68. The summed E-state index contributed by atoms with van der Waals surface area (Å²) in [4.78, 5) is 7.74. The van der Waals surface area contributed by atoms with E-state index in [1.54, 1.807) is 13.2 Å². The first-order chi connectivity index (χ1) is 7.22. The highest BCUT2D eigenvalue weighted by molar-refractivity contribution is 5.43. The summed E-state index contributed by atoms with van der Waals surface area (Å²) < 4.78 is 4.80. The maximum atomic E-state index is 9.36. The van der Waals surface area contributed by atoms with Gasteiger partial charge in [-0.05, 0) is 6.42 Å². The Hall–Kier alpha value is -1.40. The van der Waals surface area contributed by atoms with Gasteiger partial charge in [0.05, 0.1) is 12.7 Å². The SMILES string of the molecule is COCC(O)CCNc1cc(N)ncn1. The Labute approximate surface area is 88.5 Å². The fourth-order valence-corrected chi connectivity index (χ4v) is 1.11. The molecule has 0 fully saturated rings. The molecule has 0 aromatic carbocycles. The van der Waals surface area contributed by atoms with Crippen molar-refractivity contribution < 1.29 is 9.84 Å². The molecule has 1 heterocycles. The second-order valence-corrected chi connectivity index (χ2v) is 3.15. The van der Waals surface area contributed by atoms with Gasteiger partial charge in [-0.2, -0.15) is 0 Å². The Balaban J connectivity index is 2.25. The molecule has 0 saturated heterocycles. The molecule has 6 heteroatoms. The lowest BCUT2D eigenvalue weighted by atomic mass is 10.2. The predicted octanol–water partition coefficient (Wildman–Crippen LogP) is -0.132. The molecule has 1 aromatic rings. The van der Waals surface area contributed by atoms with Gasteiger partial charge in [0.2, 0.25) is 0 Å². The maximum Gasteiger partial charge on any atom is 0.131 e. The molecule has 1 unspecified atom stereocenters. The summed E-state index contributed by atoms with van der Waals surface area (Å²) in [7, 11) is 1.56. The number of nitrogens with one attached hydrogen (secondary N) is 1. The number of hydrogen-bond donors (Lipinski definition) is 3. The van der Waals surface area contributed by atoms with E-state index in [9.17, 15) is 5.11 Å². The molecule has 15 heavy (non-hydrogen) atoms. The first-order valence-electron chi connectivity index (χ1n) is 4.70. The number of aliphatic hydroxyl groups is 1.